The molecule has 0 aromatic carbocycles. The average Bonchev–Trinajstić information content (AvgIpc) is 2.10. The minimum Gasteiger partial charge on any atom is -0.398 e. The van der Waals surface area contributed by atoms with Gasteiger partial charge < -0.3 is 5.73 Å². The number of hydrogen-bond donors (Lipinski definition) is 1. The summed E-state index contributed by atoms with van der Waals surface area (Å²) in [5.74, 6) is 0. The van der Waals surface area contributed by atoms with E-state index in [0.29, 0.717) is 5.70 Å². The van der Waals surface area contributed by atoms with Gasteiger partial charge in [-0.3, -0.25) is 0 Å². The third-order valence-electron chi connectivity index (χ3n) is 1.27. The zero-order valence-electron chi connectivity index (χ0n) is 7.46. The zero-order chi connectivity index (χ0) is 9.40. The first-order valence-electron chi connectivity index (χ1n) is 3.79. The largest absolute Gasteiger partial charge is 0.398 e. The van der Waals surface area contributed by atoms with Crippen molar-refractivity contribution >= 4 is 0 Å². The second kappa shape index (κ2) is 6.23. The van der Waals surface area contributed by atoms with Gasteiger partial charge in [0, 0.05) is 5.70 Å². The van der Waals surface area contributed by atoms with Gasteiger partial charge in [0.1, 0.15) is 0 Å². The molecule has 0 aromatic rings. The summed E-state index contributed by atoms with van der Waals surface area (Å²) in [6.45, 7) is 9.27. The first-order chi connectivity index (χ1) is 5.72. The van der Waals surface area contributed by atoms with Gasteiger partial charge in [-0.05, 0) is 18.6 Å². The van der Waals surface area contributed by atoms with Crippen LogP contribution < -0.4 is 5.73 Å². The van der Waals surface area contributed by atoms with Crippen LogP contribution in [0, 0.1) is 0 Å². The molecular weight excluding hydrogens is 146 g/mol. The molecule has 1 nitrogen and oxygen atoms in total. The smallest absolute Gasteiger partial charge is 0.0381 e. The summed E-state index contributed by atoms with van der Waals surface area (Å²) in [5, 5.41) is 0. The van der Waals surface area contributed by atoms with Gasteiger partial charge in [-0.2, -0.15) is 0 Å². The van der Waals surface area contributed by atoms with Crippen molar-refractivity contribution < 1.29 is 0 Å². The van der Waals surface area contributed by atoms with Crippen molar-refractivity contribution in [2.45, 2.75) is 6.92 Å². The Hall–Kier alpha value is -1.50. The molecule has 0 saturated heterocycles. The molecule has 2 N–H and O–H groups in total. The van der Waals surface area contributed by atoms with Crippen molar-refractivity contribution in [2.24, 2.45) is 5.73 Å². The highest BCUT2D eigenvalue weighted by molar-refractivity contribution is 5.37. The molecule has 0 rings (SSSR count). The van der Waals surface area contributed by atoms with Gasteiger partial charge in [-0.15, -0.1) is 0 Å². The maximum absolute atomic E-state index is 5.67. The van der Waals surface area contributed by atoms with Gasteiger partial charge in [0.25, 0.3) is 0 Å². The van der Waals surface area contributed by atoms with Crippen LogP contribution in [0.25, 0.3) is 0 Å². The highest BCUT2D eigenvalue weighted by Gasteiger charge is 1.88. The van der Waals surface area contributed by atoms with Crippen LogP contribution in [0.5, 0.6) is 0 Å². The molecule has 0 atom stereocenters. The van der Waals surface area contributed by atoms with Crippen molar-refractivity contribution in [2.75, 3.05) is 0 Å². The molecule has 0 heterocycles. The molecule has 0 radical (unpaired) electrons. The van der Waals surface area contributed by atoms with Crippen molar-refractivity contribution in [3.05, 3.63) is 60.9 Å². The minimum absolute atomic E-state index is 0.672. The Morgan fingerprint density at radius 2 is 2.00 bits per heavy atom. The number of rotatable bonds is 4. The summed E-state index contributed by atoms with van der Waals surface area (Å²) in [4.78, 5) is 0. The lowest BCUT2D eigenvalue weighted by atomic mass is 10.2. The van der Waals surface area contributed by atoms with E-state index in [1.54, 1.807) is 12.2 Å². The van der Waals surface area contributed by atoms with Crippen LogP contribution in [0.2, 0.25) is 0 Å². The summed E-state index contributed by atoms with van der Waals surface area (Å²) >= 11 is 0. The Morgan fingerprint density at radius 3 is 2.50 bits per heavy atom. The monoisotopic (exact) mass is 161 g/mol. The van der Waals surface area contributed by atoms with Crippen LogP contribution in [0.3, 0.4) is 0 Å². The van der Waals surface area contributed by atoms with Gasteiger partial charge in [0.05, 0.1) is 0 Å². The minimum atomic E-state index is 0.672. The Balaban J connectivity index is 4.28. The summed E-state index contributed by atoms with van der Waals surface area (Å²) in [6.07, 6.45) is 10.9. The van der Waals surface area contributed by atoms with E-state index in [9.17, 15) is 0 Å². The van der Waals surface area contributed by atoms with E-state index in [1.165, 1.54) is 0 Å². The van der Waals surface area contributed by atoms with Crippen LogP contribution in [0.15, 0.2) is 60.9 Å². The summed E-state index contributed by atoms with van der Waals surface area (Å²) in [7, 11) is 0. The molecule has 0 aliphatic heterocycles. The van der Waals surface area contributed by atoms with Crippen molar-refractivity contribution in [1.82, 2.24) is 0 Å². The fourth-order valence-electron chi connectivity index (χ4n) is 0.587. The third kappa shape index (κ3) is 4.34. The Bertz CT molecular complexity index is 242. The van der Waals surface area contributed by atoms with E-state index < -0.39 is 0 Å². The third-order valence-corrected chi connectivity index (χ3v) is 1.27. The van der Waals surface area contributed by atoms with Crippen molar-refractivity contribution in [3.8, 4) is 0 Å². The molecule has 0 bridgehead atoms. The molecule has 0 spiro atoms. The lowest BCUT2D eigenvalue weighted by molar-refractivity contribution is 1.36. The average molecular weight is 161 g/mol. The molecule has 0 aromatic heterocycles. The van der Waals surface area contributed by atoms with Crippen LogP contribution in [0.4, 0.5) is 0 Å². The van der Waals surface area contributed by atoms with E-state index in [2.05, 4.69) is 13.2 Å². The van der Waals surface area contributed by atoms with E-state index in [1.807, 2.05) is 31.2 Å². The second-order valence-corrected chi connectivity index (χ2v) is 2.27. The standard InChI is InChI=1S/C11H15N/c1-4-6-8-10(3)11(12)9-7-5-2/h4-9H,1,3,12H2,2H3/b7-5-,8-6-,11-9-. The number of nitrogens with two attached hydrogens (primary N) is 1. The van der Waals surface area contributed by atoms with Gasteiger partial charge in [-0.1, -0.05) is 43.5 Å². The summed E-state index contributed by atoms with van der Waals surface area (Å²) in [5.41, 5.74) is 7.14. The Labute approximate surface area is 74.3 Å². The van der Waals surface area contributed by atoms with Crippen LogP contribution in [-0.2, 0) is 0 Å². The van der Waals surface area contributed by atoms with Gasteiger partial charge in [-0.25, -0.2) is 0 Å². The second-order valence-electron chi connectivity index (χ2n) is 2.27. The fraction of sp³-hybridized carbons (Fsp3) is 0.0909. The highest BCUT2D eigenvalue weighted by atomic mass is 14.6. The van der Waals surface area contributed by atoms with Crippen molar-refractivity contribution in [3.63, 3.8) is 0 Å². The van der Waals surface area contributed by atoms with Crippen molar-refractivity contribution in [1.29, 1.82) is 0 Å². The summed E-state index contributed by atoms with van der Waals surface area (Å²) < 4.78 is 0. The molecule has 0 unspecified atom stereocenters. The molecule has 12 heavy (non-hydrogen) atoms. The molecule has 0 saturated carbocycles. The molecule has 64 valence electrons. The SMILES string of the molecule is C=C/C=C\C(=C)/C(N)=C/C=C\C. The van der Waals surface area contributed by atoms with Gasteiger partial charge >= 0.3 is 0 Å². The highest BCUT2D eigenvalue weighted by Crippen LogP contribution is 2.02. The molecular formula is C11H15N. The predicted molar refractivity (Wildman–Crippen MR) is 55.6 cm³/mol. The van der Waals surface area contributed by atoms with Crippen LogP contribution in [-0.4, -0.2) is 0 Å². The number of allylic oxidation sites excluding steroid dienone is 6. The van der Waals surface area contributed by atoms with Crippen LogP contribution in [0.1, 0.15) is 6.92 Å². The van der Waals surface area contributed by atoms with Crippen LogP contribution >= 0.6 is 0 Å². The molecule has 0 aliphatic rings. The van der Waals surface area contributed by atoms with E-state index in [0.717, 1.165) is 5.57 Å². The molecule has 0 fully saturated rings. The Morgan fingerprint density at radius 1 is 1.33 bits per heavy atom. The van der Waals surface area contributed by atoms with E-state index in [-0.39, 0.29) is 0 Å². The fourth-order valence-corrected chi connectivity index (χ4v) is 0.587. The maximum Gasteiger partial charge on any atom is 0.0381 e. The van der Waals surface area contributed by atoms with E-state index in [4.69, 9.17) is 5.73 Å². The normalized spacial score (nSPS) is 12.6. The van der Waals surface area contributed by atoms with E-state index >= 15 is 0 Å². The first-order valence-corrected chi connectivity index (χ1v) is 3.79. The number of hydrogen-bond acceptors (Lipinski definition) is 1. The lowest BCUT2D eigenvalue weighted by Gasteiger charge is -1.96. The molecule has 0 aliphatic carbocycles. The van der Waals surface area contributed by atoms with Gasteiger partial charge in [0.2, 0.25) is 0 Å². The first kappa shape index (κ1) is 10.5. The maximum atomic E-state index is 5.67. The predicted octanol–water partition coefficient (Wildman–Crippen LogP) is 2.70. The summed E-state index contributed by atoms with van der Waals surface area (Å²) in [6, 6.07) is 0. The quantitative estimate of drug-likeness (QED) is 0.630. The van der Waals surface area contributed by atoms with Gasteiger partial charge in [0.15, 0.2) is 0 Å². The topological polar surface area (TPSA) is 26.0 Å². The Kier molecular flexibility index (Phi) is 5.45. The molecule has 1 heteroatoms. The zero-order valence-corrected chi connectivity index (χ0v) is 7.46. The molecule has 0 amide bonds. The lowest BCUT2D eigenvalue weighted by Crippen LogP contribution is -1.97.